The SMILES string of the molecule is COc1c(Br)cc(Br)cc1CNCCCN1CCCC1. The molecule has 1 aromatic rings. The Kier molecular flexibility index (Phi) is 6.81. The fourth-order valence-corrected chi connectivity index (χ4v) is 4.11. The second-order valence-electron chi connectivity index (χ2n) is 5.16. The number of likely N-dealkylation sites (tertiary alicyclic amines) is 1. The first-order valence-corrected chi connectivity index (χ1v) is 8.74. The van der Waals surface area contributed by atoms with E-state index in [2.05, 4.69) is 48.1 Å². The number of benzene rings is 1. The normalized spacial score (nSPS) is 15.8. The second kappa shape index (κ2) is 8.37. The summed E-state index contributed by atoms with van der Waals surface area (Å²) in [6.07, 6.45) is 3.95. The van der Waals surface area contributed by atoms with Gasteiger partial charge in [-0.25, -0.2) is 0 Å². The van der Waals surface area contributed by atoms with Gasteiger partial charge in [0.25, 0.3) is 0 Å². The summed E-state index contributed by atoms with van der Waals surface area (Å²) in [7, 11) is 1.71. The van der Waals surface area contributed by atoms with Crippen LogP contribution >= 0.6 is 31.9 Å². The van der Waals surface area contributed by atoms with Gasteiger partial charge in [0.15, 0.2) is 0 Å². The van der Waals surface area contributed by atoms with E-state index >= 15 is 0 Å². The van der Waals surface area contributed by atoms with Gasteiger partial charge < -0.3 is 15.0 Å². The molecule has 2 rings (SSSR count). The molecule has 1 aliphatic rings. The van der Waals surface area contributed by atoms with Crippen LogP contribution < -0.4 is 10.1 Å². The van der Waals surface area contributed by atoms with Crippen molar-refractivity contribution >= 4 is 31.9 Å². The van der Waals surface area contributed by atoms with Crippen molar-refractivity contribution < 1.29 is 4.74 Å². The van der Waals surface area contributed by atoms with Gasteiger partial charge in [0.2, 0.25) is 0 Å². The van der Waals surface area contributed by atoms with Crippen molar-refractivity contribution in [1.29, 1.82) is 0 Å². The van der Waals surface area contributed by atoms with Crippen LogP contribution in [0.5, 0.6) is 5.75 Å². The Labute approximate surface area is 138 Å². The molecule has 0 amide bonds. The maximum Gasteiger partial charge on any atom is 0.137 e. The minimum Gasteiger partial charge on any atom is -0.495 e. The predicted molar refractivity (Wildman–Crippen MR) is 90.4 cm³/mol. The highest BCUT2D eigenvalue weighted by atomic mass is 79.9. The first kappa shape index (κ1) is 16.3. The van der Waals surface area contributed by atoms with E-state index < -0.39 is 0 Å². The Morgan fingerprint density at radius 1 is 1.25 bits per heavy atom. The average molecular weight is 406 g/mol. The third-order valence-corrected chi connectivity index (χ3v) is 4.68. The molecule has 5 heteroatoms. The molecule has 20 heavy (non-hydrogen) atoms. The lowest BCUT2D eigenvalue weighted by Gasteiger charge is -2.15. The lowest BCUT2D eigenvalue weighted by atomic mass is 10.2. The molecule has 0 aliphatic carbocycles. The van der Waals surface area contributed by atoms with E-state index in [1.165, 1.54) is 44.5 Å². The molecule has 1 aliphatic heterocycles. The average Bonchev–Trinajstić information content (AvgIpc) is 2.91. The minimum absolute atomic E-state index is 0.835. The topological polar surface area (TPSA) is 24.5 Å². The van der Waals surface area contributed by atoms with Crippen LogP contribution in [0.2, 0.25) is 0 Å². The number of ether oxygens (including phenoxy) is 1. The summed E-state index contributed by atoms with van der Waals surface area (Å²) >= 11 is 7.06. The molecule has 0 aromatic heterocycles. The fraction of sp³-hybridized carbons (Fsp3) is 0.600. The molecule has 1 aromatic carbocycles. The van der Waals surface area contributed by atoms with Crippen molar-refractivity contribution in [3.63, 3.8) is 0 Å². The third kappa shape index (κ3) is 4.72. The summed E-state index contributed by atoms with van der Waals surface area (Å²) in [4.78, 5) is 2.55. The number of rotatable bonds is 7. The quantitative estimate of drug-likeness (QED) is 0.698. The summed E-state index contributed by atoms with van der Waals surface area (Å²) in [5.74, 6) is 0.917. The van der Waals surface area contributed by atoms with Gasteiger partial charge in [-0.3, -0.25) is 0 Å². The van der Waals surface area contributed by atoms with E-state index in [9.17, 15) is 0 Å². The standard InChI is InChI=1S/C15H22Br2N2O/c1-20-15-12(9-13(16)10-14(15)17)11-18-5-4-8-19-6-2-3-7-19/h9-10,18H,2-8,11H2,1H3. The van der Waals surface area contributed by atoms with Crippen LogP contribution in [0.1, 0.15) is 24.8 Å². The molecule has 0 atom stereocenters. The van der Waals surface area contributed by atoms with Crippen LogP contribution in [0.25, 0.3) is 0 Å². The summed E-state index contributed by atoms with van der Waals surface area (Å²) in [6, 6.07) is 4.12. The van der Waals surface area contributed by atoms with E-state index in [-0.39, 0.29) is 0 Å². The summed E-state index contributed by atoms with van der Waals surface area (Å²) in [6.45, 7) is 5.66. The lowest BCUT2D eigenvalue weighted by Crippen LogP contribution is -2.24. The molecule has 1 N–H and O–H groups in total. The molecule has 3 nitrogen and oxygen atoms in total. The first-order chi connectivity index (χ1) is 9.70. The third-order valence-electron chi connectivity index (χ3n) is 3.63. The number of nitrogens with zero attached hydrogens (tertiary/aromatic N) is 1. The smallest absolute Gasteiger partial charge is 0.137 e. The van der Waals surface area contributed by atoms with Gasteiger partial charge in [-0.1, -0.05) is 15.9 Å². The Bertz CT molecular complexity index is 434. The minimum atomic E-state index is 0.835. The fourth-order valence-electron chi connectivity index (χ4n) is 2.63. The van der Waals surface area contributed by atoms with E-state index in [0.717, 1.165) is 27.8 Å². The maximum absolute atomic E-state index is 5.45. The maximum atomic E-state index is 5.45. The molecule has 0 unspecified atom stereocenters. The Morgan fingerprint density at radius 3 is 2.70 bits per heavy atom. The molecule has 0 saturated carbocycles. The zero-order valence-corrected chi connectivity index (χ0v) is 15.1. The molecule has 1 saturated heterocycles. The van der Waals surface area contributed by atoms with Crippen LogP contribution in [-0.4, -0.2) is 38.2 Å². The highest BCUT2D eigenvalue weighted by Crippen LogP contribution is 2.32. The van der Waals surface area contributed by atoms with Crippen molar-refractivity contribution in [2.75, 3.05) is 33.3 Å². The van der Waals surface area contributed by atoms with Crippen LogP contribution in [0.4, 0.5) is 0 Å². The van der Waals surface area contributed by atoms with E-state index in [0.29, 0.717) is 0 Å². The van der Waals surface area contributed by atoms with Crippen molar-refractivity contribution in [3.05, 3.63) is 26.6 Å². The molecule has 112 valence electrons. The number of halogens is 2. The zero-order chi connectivity index (χ0) is 14.4. The summed E-state index contributed by atoms with van der Waals surface area (Å²) in [5, 5.41) is 3.51. The molecule has 0 bridgehead atoms. The van der Waals surface area contributed by atoms with Crippen LogP contribution in [-0.2, 0) is 6.54 Å². The molecule has 0 spiro atoms. The highest BCUT2D eigenvalue weighted by Gasteiger charge is 2.11. The van der Waals surface area contributed by atoms with Gasteiger partial charge in [0.05, 0.1) is 11.6 Å². The number of methoxy groups -OCH3 is 1. The molecule has 1 fully saturated rings. The Morgan fingerprint density at radius 2 is 2.00 bits per heavy atom. The number of nitrogens with one attached hydrogen (secondary N) is 1. The van der Waals surface area contributed by atoms with E-state index in [1.807, 2.05) is 6.07 Å². The van der Waals surface area contributed by atoms with Crippen molar-refractivity contribution in [2.24, 2.45) is 0 Å². The van der Waals surface area contributed by atoms with Gasteiger partial charge in [-0.15, -0.1) is 0 Å². The van der Waals surface area contributed by atoms with Crippen LogP contribution in [0.15, 0.2) is 21.1 Å². The zero-order valence-electron chi connectivity index (χ0n) is 11.9. The van der Waals surface area contributed by atoms with Gasteiger partial charge in [0, 0.05) is 16.6 Å². The van der Waals surface area contributed by atoms with Crippen molar-refractivity contribution in [1.82, 2.24) is 10.2 Å². The highest BCUT2D eigenvalue weighted by molar-refractivity contribution is 9.11. The molecule has 1 heterocycles. The number of hydrogen-bond acceptors (Lipinski definition) is 3. The van der Waals surface area contributed by atoms with Gasteiger partial charge in [0.1, 0.15) is 5.75 Å². The Balaban J connectivity index is 1.75. The van der Waals surface area contributed by atoms with E-state index in [1.54, 1.807) is 7.11 Å². The summed E-state index contributed by atoms with van der Waals surface area (Å²) in [5.41, 5.74) is 1.18. The molecular weight excluding hydrogens is 384 g/mol. The predicted octanol–water partition coefficient (Wildman–Crippen LogP) is 3.80. The summed E-state index contributed by atoms with van der Waals surface area (Å²) < 4.78 is 7.51. The lowest BCUT2D eigenvalue weighted by molar-refractivity contribution is 0.330. The van der Waals surface area contributed by atoms with E-state index in [4.69, 9.17) is 4.74 Å². The Hall–Kier alpha value is -0.100. The van der Waals surface area contributed by atoms with Crippen molar-refractivity contribution in [3.8, 4) is 5.75 Å². The van der Waals surface area contributed by atoms with Crippen LogP contribution in [0, 0.1) is 0 Å². The monoisotopic (exact) mass is 404 g/mol. The first-order valence-electron chi connectivity index (χ1n) is 7.15. The van der Waals surface area contributed by atoms with Gasteiger partial charge >= 0.3 is 0 Å². The largest absolute Gasteiger partial charge is 0.495 e. The second-order valence-corrected chi connectivity index (χ2v) is 6.93. The molecule has 0 radical (unpaired) electrons. The molecular formula is C15H22Br2N2O. The van der Waals surface area contributed by atoms with Gasteiger partial charge in [-0.05, 0) is 73.5 Å². The van der Waals surface area contributed by atoms with Crippen molar-refractivity contribution in [2.45, 2.75) is 25.8 Å². The van der Waals surface area contributed by atoms with Crippen LogP contribution in [0.3, 0.4) is 0 Å². The number of hydrogen-bond donors (Lipinski definition) is 1. The van der Waals surface area contributed by atoms with Gasteiger partial charge in [-0.2, -0.15) is 0 Å².